The van der Waals surface area contributed by atoms with Gasteiger partial charge in [-0.25, -0.2) is 0 Å². The average molecular weight is 357 g/mol. The monoisotopic (exact) mass is 356 g/mol. The minimum atomic E-state index is -0.458. The third-order valence-corrected chi connectivity index (χ3v) is 3.86. The van der Waals surface area contributed by atoms with Gasteiger partial charge in [0.1, 0.15) is 11.4 Å². The molecule has 122 valence electrons. The van der Waals surface area contributed by atoms with Gasteiger partial charge in [0.15, 0.2) is 0 Å². The zero-order valence-electron chi connectivity index (χ0n) is 12.5. The van der Waals surface area contributed by atoms with E-state index in [0.717, 1.165) is 0 Å². The fourth-order valence-electron chi connectivity index (χ4n) is 2.21. The number of rotatable bonds is 5. The molecular formula is C14H14Cl2N4O3. The predicted octanol–water partition coefficient (Wildman–Crippen LogP) is 3.14. The Morgan fingerprint density at radius 2 is 2.09 bits per heavy atom. The van der Waals surface area contributed by atoms with Crippen molar-refractivity contribution in [2.75, 3.05) is 6.54 Å². The number of nitrogens with one attached hydrogen (secondary N) is 1. The first-order chi connectivity index (χ1) is 10.8. The molecule has 0 radical (unpaired) electrons. The Kier molecular flexibility index (Phi) is 5.23. The van der Waals surface area contributed by atoms with Gasteiger partial charge in [-0.3, -0.25) is 19.6 Å². The van der Waals surface area contributed by atoms with Crippen molar-refractivity contribution in [3.8, 4) is 0 Å². The first-order valence-electron chi connectivity index (χ1n) is 6.73. The Morgan fingerprint density at radius 1 is 1.39 bits per heavy atom. The summed E-state index contributed by atoms with van der Waals surface area (Å²) >= 11 is 11.8. The van der Waals surface area contributed by atoms with Crippen LogP contribution < -0.4 is 5.32 Å². The number of carbonyl (C=O) groups is 1. The summed E-state index contributed by atoms with van der Waals surface area (Å²) < 4.78 is 1.50. The van der Waals surface area contributed by atoms with Crippen LogP contribution >= 0.6 is 23.2 Å². The van der Waals surface area contributed by atoms with Crippen LogP contribution in [0.4, 0.5) is 5.69 Å². The topological polar surface area (TPSA) is 90.1 Å². The molecule has 23 heavy (non-hydrogen) atoms. The fourth-order valence-corrected chi connectivity index (χ4v) is 2.71. The molecule has 0 spiro atoms. The van der Waals surface area contributed by atoms with E-state index < -0.39 is 4.92 Å². The Bertz CT molecular complexity index is 774. The summed E-state index contributed by atoms with van der Waals surface area (Å²) in [6.07, 6.45) is 0. The molecule has 1 N–H and O–H groups in total. The Morgan fingerprint density at radius 3 is 2.65 bits per heavy atom. The third kappa shape index (κ3) is 3.80. The molecule has 0 aliphatic carbocycles. The molecule has 1 aromatic heterocycles. The second-order valence-electron chi connectivity index (χ2n) is 4.88. The molecule has 2 rings (SSSR count). The lowest BCUT2D eigenvalue weighted by atomic mass is 10.2. The minimum Gasteiger partial charge on any atom is -0.350 e. The van der Waals surface area contributed by atoms with Gasteiger partial charge in [-0.2, -0.15) is 5.10 Å². The van der Waals surface area contributed by atoms with Gasteiger partial charge in [-0.05, 0) is 32.0 Å². The summed E-state index contributed by atoms with van der Waals surface area (Å²) in [6.45, 7) is 3.78. The zero-order chi connectivity index (χ0) is 17.1. The van der Waals surface area contributed by atoms with Gasteiger partial charge in [0, 0.05) is 11.6 Å². The molecule has 7 nitrogen and oxygen atoms in total. The number of carbonyl (C=O) groups excluding carboxylic acids is 1. The van der Waals surface area contributed by atoms with Crippen molar-refractivity contribution in [2.45, 2.75) is 20.4 Å². The van der Waals surface area contributed by atoms with E-state index in [2.05, 4.69) is 10.4 Å². The lowest BCUT2D eigenvalue weighted by Crippen LogP contribution is -2.28. The number of amides is 1. The molecule has 0 saturated heterocycles. The number of nitrogens with zero attached hydrogens (tertiary/aromatic N) is 3. The predicted molar refractivity (Wildman–Crippen MR) is 87.2 cm³/mol. The quantitative estimate of drug-likeness (QED) is 0.658. The van der Waals surface area contributed by atoms with Gasteiger partial charge in [0.05, 0.1) is 22.1 Å². The van der Waals surface area contributed by atoms with E-state index in [0.29, 0.717) is 28.5 Å². The Balaban J connectivity index is 2.01. The number of nitro groups is 1. The van der Waals surface area contributed by atoms with Crippen molar-refractivity contribution < 1.29 is 9.72 Å². The molecule has 9 heteroatoms. The molecule has 0 bridgehead atoms. The van der Waals surface area contributed by atoms with Crippen LogP contribution in [0.3, 0.4) is 0 Å². The molecule has 0 aliphatic rings. The van der Waals surface area contributed by atoms with Crippen LogP contribution in [0.2, 0.25) is 10.0 Å². The maximum absolute atomic E-state index is 12.1. The van der Waals surface area contributed by atoms with Crippen molar-refractivity contribution >= 4 is 34.8 Å². The normalized spacial score (nSPS) is 10.6. The molecule has 1 heterocycles. The SMILES string of the molecule is Cc1nn(CCNC(=O)c2ccc(Cl)cc2Cl)c(C)c1[N+](=O)[O-]. The van der Waals surface area contributed by atoms with Crippen molar-refractivity contribution in [2.24, 2.45) is 0 Å². The van der Waals surface area contributed by atoms with Gasteiger partial charge in [-0.15, -0.1) is 0 Å². The van der Waals surface area contributed by atoms with Gasteiger partial charge in [0.25, 0.3) is 5.91 Å². The number of benzene rings is 1. The minimum absolute atomic E-state index is 0.00271. The van der Waals surface area contributed by atoms with Crippen LogP contribution in [0.1, 0.15) is 21.7 Å². The van der Waals surface area contributed by atoms with Crippen molar-refractivity contribution in [1.29, 1.82) is 0 Å². The smallest absolute Gasteiger partial charge is 0.312 e. The van der Waals surface area contributed by atoms with Crippen LogP contribution in [-0.2, 0) is 6.54 Å². The number of halogens is 2. The first kappa shape index (κ1) is 17.2. The van der Waals surface area contributed by atoms with Gasteiger partial charge in [0.2, 0.25) is 0 Å². The summed E-state index contributed by atoms with van der Waals surface area (Å²) in [7, 11) is 0. The van der Waals surface area contributed by atoms with Crippen LogP contribution in [0.5, 0.6) is 0 Å². The molecular weight excluding hydrogens is 343 g/mol. The highest BCUT2D eigenvalue weighted by atomic mass is 35.5. The van der Waals surface area contributed by atoms with E-state index in [1.807, 2.05) is 0 Å². The standard InChI is InChI=1S/C14H14Cl2N4O3/c1-8-13(20(22)23)9(2)19(18-8)6-5-17-14(21)11-4-3-10(15)7-12(11)16/h3-4,7H,5-6H2,1-2H3,(H,17,21). The maximum Gasteiger partial charge on any atom is 0.312 e. The average Bonchev–Trinajstić information content (AvgIpc) is 2.73. The first-order valence-corrected chi connectivity index (χ1v) is 7.48. The van der Waals surface area contributed by atoms with E-state index in [-0.39, 0.29) is 23.2 Å². The number of aromatic nitrogens is 2. The van der Waals surface area contributed by atoms with Crippen LogP contribution in [0.25, 0.3) is 0 Å². The van der Waals surface area contributed by atoms with E-state index >= 15 is 0 Å². The second-order valence-corrected chi connectivity index (χ2v) is 5.72. The highest BCUT2D eigenvalue weighted by Gasteiger charge is 2.21. The summed E-state index contributed by atoms with van der Waals surface area (Å²) in [5.74, 6) is -0.345. The van der Waals surface area contributed by atoms with Crippen molar-refractivity contribution in [3.63, 3.8) is 0 Å². The largest absolute Gasteiger partial charge is 0.350 e. The molecule has 0 atom stereocenters. The third-order valence-electron chi connectivity index (χ3n) is 3.31. The molecule has 0 aliphatic heterocycles. The van der Waals surface area contributed by atoms with E-state index in [1.165, 1.54) is 16.8 Å². The van der Waals surface area contributed by atoms with E-state index in [9.17, 15) is 14.9 Å². The molecule has 2 aromatic rings. The zero-order valence-corrected chi connectivity index (χ0v) is 14.0. The lowest BCUT2D eigenvalue weighted by molar-refractivity contribution is -0.386. The van der Waals surface area contributed by atoms with E-state index in [4.69, 9.17) is 23.2 Å². The number of hydrogen-bond acceptors (Lipinski definition) is 4. The van der Waals surface area contributed by atoms with Gasteiger partial charge < -0.3 is 5.32 Å². The molecule has 1 aromatic carbocycles. The maximum atomic E-state index is 12.1. The summed E-state index contributed by atoms with van der Waals surface area (Å²) in [5.41, 5.74) is 1.11. The van der Waals surface area contributed by atoms with Gasteiger partial charge in [-0.1, -0.05) is 23.2 Å². The highest BCUT2D eigenvalue weighted by molar-refractivity contribution is 6.36. The Labute approximate surface area is 142 Å². The summed E-state index contributed by atoms with van der Waals surface area (Å²) in [5, 5.41) is 18.5. The van der Waals surface area contributed by atoms with Crippen LogP contribution in [-0.4, -0.2) is 27.2 Å². The fraction of sp³-hybridized carbons (Fsp3) is 0.286. The molecule has 0 saturated carbocycles. The van der Waals surface area contributed by atoms with Crippen molar-refractivity contribution in [3.05, 3.63) is 55.3 Å². The van der Waals surface area contributed by atoms with Crippen molar-refractivity contribution in [1.82, 2.24) is 15.1 Å². The molecule has 1 amide bonds. The summed E-state index contributed by atoms with van der Waals surface area (Å²) in [4.78, 5) is 22.5. The number of aryl methyl sites for hydroxylation is 1. The van der Waals surface area contributed by atoms with Gasteiger partial charge >= 0.3 is 5.69 Å². The molecule has 0 unspecified atom stereocenters. The number of hydrogen-bond donors (Lipinski definition) is 1. The Hall–Kier alpha value is -2.12. The van der Waals surface area contributed by atoms with E-state index in [1.54, 1.807) is 19.9 Å². The highest BCUT2D eigenvalue weighted by Crippen LogP contribution is 2.22. The molecule has 0 fully saturated rings. The second kappa shape index (κ2) is 6.97. The lowest BCUT2D eigenvalue weighted by Gasteiger charge is -2.08. The summed E-state index contributed by atoms with van der Waals surface area (Å²) in [6, 6.07) is 4.60. The van der Waals surface area contributed by atoms with Crippen LogP contribution in [0.15, 0.2) is 18.2 Å². The van der Waals surface area contributed by atoms with Crippen LogP contribution in [0, 0.1) is 24.0 Å².